The highest BCUT2D eigenvalue weighted by atomic mass is 19.1. The number of aryl methyl sites for hydroxylation is 2. The molecule has 0 N–H and O–H groups in total. The lowest BCUT2D eigenvalue weighted by Crippen LogP contribution is -2.31. The molecule has 5 rings (SSSR count). The number of halogens is 1. The van der Waals surface area contributed by atoms with E-state index in [9.17, 15) is 4.79 Å². The molecule has 1 aliphatic rings. The normalized spacial score (nSPS) is 15.0. The largest absolute Gasteiger partial charge is 0.306 e. The van der Waals surface area contributed by atoms with Crippen LogP contribution in [0.4, 0.5) is 4.39 Å². The number of ketones is 1. The molecule has 0 unspecified atom stereocenters. The van der Waals surface area contributed by atoms with E-state index in [0.717, 1.165) is 59.1 Å². The number of aromatic nitrogens is 2. The van der Waals surface area contributed by atoms with E-state index in [1.807, 2.05) is 24.3 Å². The number of benzene rings is 2. The molecule has 0 bridgehead atoms. The zero-order valence-electron chi connectivity index (χ0n) is 20.5. The zero-order valence-corrected chi connectivity index (χ0v) is 20.5. The molecule has 0 saturated carbocycles. The fraction of sp³-hybridized carbons (Fsp3) is 0.300. The third-order valence-electron chi connectivity index (χ3n) is 7.28. The molecular weight excluding hydrogens is 437 g/mol. The van der Waals surface area contributed by atoms with Crippen molar-refractivity contribution in [3.8, 4) is 22.3 Å². The predicted molar refractivity (Wildman–Crippen MR) is 139 cm³/mol. The van der Waals surface area contributed by atoms with Gasteiger partial charge >= 0.3 is 0 Å². The molecule has 0 aliphatic carbocycles. The van der Waals surface area contributed by atoms with Crippen LogP contribution in [0, 0.1) is 25.6 Å². The Hall–Kier alpha value is -3.44. The lowest BCUT2D eigenvalue weighted by Gasteiger charge is -2.28. The maximum atomic E-state index is 15.1. The summed E-state index contributed by atoms with van der Waals surface area (Å²) in [7, 11) is 2.12. The lowest BCUT2D eigenvalue weighted by molar-refractivity contribution is 0.0931. The van der Waals surface area contributed by atoms with Crippen LogP contribution in [0.2, 0.25) is 0 Å². The van der Waals surface area contributed by atoms with Crippen LogP contribution in [0.15, 0.2) is 60.9 Å². The number of nitrogens with zero attached hydrogens (tertiary/aromatic N) is 3. The molecule has 35 heavy (non-hydrogen) atoms. The second-order valence-corrected chi connectivity index (χ2v) is 9.73. The Morgan fingerprint density at radius 2 is 1.74 bits per heavy atom. The molecule has 5 heteroatoms. The first kappa shape index (κ1) is 23.3. The third kappa shape index (κ3) is 4.61. The van der Waals surface area contributed by atoms with E-state index in [0.29, 0.717) is 29.2 Å². The van der Waals surface area contributed by atoms with Crippen molar-refractivity contribution in [1.82, 2.24) is 14.9 Å². The highest BCUT2D eigenvalue weighted by Crippen LogP contribution is 2.39. The van der Waals surface area contributed by atoms with Gasteiger partial charge in [-0.3, -0.25) is 9.78 Å². The van der Waals surface area contributed by atoms with E-state index in [1.54, 1.807) is 30.6 Å². The van der Waals surface area contributed by atoms with Gasteiger partial charge in [-0.15, -0.1) is 0 Å². The number of Topliss-reactive ketones (excluding diaryl/α,β-unsaturated/α-hetero) is 1. The fourth-order valence-electron chi connectivity index (χ4n) is 5.39. The van der Waals surface area contributed by atoms with Crippen LogP contribution in [0.5, 0.6) is 0 Å². The third-order valence-corrected chi connectivity index (χ3v) is 7.28. The van der Waals surface area contributed by atoms with Crippen LogP contribution in [-0.2, 0) is 0 Å². The number of fused-ring (bicyclic) bond motifs is 1. The fourth-order valence-corrected chi connectivity index (χ4v) is 5.39. The van der Waals surface area contributed by atoms with E-state index >= 15 is 4.39 Å². The van der Waals surface area contributed by atoms with Gasteiger partial charge in [0.05, 0.1) is 5.52 Å². The van der Waals surface area contributed by atoms with Crippen molar-refractivity contribution in [2.45, 2.75) is 33.1 Å². The van der Waals surface area contributed by atoms with Crippen molar-refractivity contribution in [2.24, 2.45) is 5.92 Å². The highest BCUT2D eigenvalue weighted by molar-refractivity contribution is 6.05. The van der Waals surface area contributed by atoms with Crippen LogP contribution in [0.3, 0.4) is 0 Å². The Bertz CT molecular complexity index is 1390. The zero-order chi connectivity index (χ0) is 24.5. The molecular formula is C30H30FN3O. The van der Waals surface area contributed by atoms with Gasteiger partial charge in [-0.25, -0.2) is 9.37 Å². The second kappa shape index (κ2) is 9.67. The Balaban J connectivity index is 1.68. The first-order valence-electron chi connectivity index (χ1n) is 12.2. The summed E-state index contributed by atoms with van der Waals surface area (Å²) in [6.07, 6.45) is 6.07. The summed E-state index contributed by atoms with van der Waals surface area (Å²) in [4.78, 5) is 24.7. The molecule has 3 heterocycles. The Kier molecular flexibility index (Phi) is 6.44. The summed E-state index contributed by atoms with van der Waals surface area (Å²) in [6, 6.07) is 14.6. The molecule has 1 saturated heterocycles. The van der Waals surface area contributed by atoms with Crippen molar-refractivity contribution in [3.63, 3.8) is 0 Å². The van der Waals surface area contributed by atoms with Gasteiger partial charge in [0.1, 0.15) is 11.5 Å². The van der Waals surface area contributed by atoms with E-state index in [4.69, 9.17) is 4.98 Å². The number of piperidine rings is 1. The van der Waals surface area contributed by atoms with Crippen LogP contribution < -0.4 is 0 Å². The Morgan fingerprint density at radius 1 is 1.03 bits per heavy atom. The Morgan fingerprint density at radius 3 is 2.46 bits per heavy atom. The molecule has 4 nitrogen and oxygen atoms in total. The van der Waals surface area contributed by atoms with Crippen LogP contribution in [0.25, 0.3) is 33.2 Å². The van der Waals surface area contributed by atoms with Crippen molar-refractivity contribution in [2.75, 3.05) is 20.1 Å². The molecule has 2 aromatic carbocycles. The quantitative estimate of drug-likeness (QED) is 0.309. The molecule has 0 spiro atoms. The lowest BCUT2D eigenvalue weighted by atomic mass is 9.87. The topological polar surface area (TPSA) is 46.1 Å². The van der Waals surface area contributed by atoms with Crippen LogP contribution >= 0.6 is 0 Å². The maximum absolute atomic E-state index is 15.1. The summed E-state index contributed by atoms with van der Waals surface area (Å²) < 4.78 is 15.1. The van der Waals surface area contributed by atoms with Gasteiger partial charge in [-0.05, 0) is 111 Å². The molecule has 0 radical (unpaired) electrons. The van der Waals surface area contributed by atoms with Gasteiger partial charge in [-0.1, -0.05) is 18.2 Å². The van der Waals surface area contributed by atoms with Gasteiger partial charge in [0.2, 0.25) is 0 Å². The van der Waals surface area contributed by atoms with Gasteiger partial charge in [0, 0.05) is 29.8 Å². The van der Waals surface area contributed by atoms with E-state index in [2.05, 4.69) is 30.8 Å². The van der Waals surface area contributed by atoms with Gasteiger partial charge in [0.25, 0.3) is 0 Å². The number of hydrogen-bond donors (Lipinski definition) is 0. The van der Waals surface area contributed by atoms with E-state index in [-0.39, 0.29) is 11.6 Å². The number of rotatable bonds is 5. The first-order chi connectivity index (χ1) is 16.9. The van der Waals surface area contributed by atoms with Gasteiger partial charge < -0.3 is 4.90 Å². The summed E-state index contributed by atoms with van der Waals surface area (Å²) >= 11 is 0. The number of hydrogen-bond acceptors (Lipinski definition) is 4. The van der Waals surface area contributed by atoms with Crippen LogP contribution in [0.1, 0.15) is 40.9 Å². The van der Waals surface area contributed by atoms with Crippen molar-refractivity contribution >= 4 is 16.7 Å². The molecule has 178 valence electrons. The monoisotopic (exact) mass is 467 g/mol. The minimum absolute atomic E-state index is 0.0348. The van der Waals surface area contributed by atoms with E-state index < -0.39 is 0 Å². The van der Waals surface area contributed by atoms with Crippen molar-refractivity contribution in [1.29, 1.82) is 0 Å². The van der Waals surface area contributed by atoms with E-state index in [1.165, 1.54) is 6.07 Å². The smallest absolute Gasteiger partial charge is 0.181 e. The summed E-state index contributed by atoms with van der Waals surface area (Å²) in [5, 5.41) is 0.878. The summed E-state index contributed by atoms with van der Waals surface area (Å²) in [5.74, 6) is 0.0948. The standard InChI is InChI=1S/C30H30FN3O/c1-19-16-27-30(20(2)29(19)22-8-12-32-13-9-22)24(23-6-4-5-7-25(23)31)18-26(33-27)28(35)17-21-10-14-34(3)15-11-21/h4-9,12-13,16,18,21H,10-11,14-15,17H2,1-3H3. The van der Waals surface area contributed by atoms with Crippen molar-refractivity contribution in [3.05, 3.63) is 83.6 Å². The average Bonchev–Trinajstić information content (AvgIpc) is 2.85. The second-order valence-electron chi connectivity index (χ2n) is 9.73. The molecule has 1 aliphatic heterocycles. The number of likely N-dealkylation sites (tertiary alicyclic amines) is 1. The summed E-state index contributed by atoms with van der Waals surface area (Å²) in [5.41, 5.74) is 6.58. The average molecular weight is 468 g/mol. The summed E-state index contributed by atoms with van der Waals surface area (Å²) in [6.45, 7) is 6.14. The molecule has 4 aromatic rings. The molecule has 1 fully saturated rings. The van der Waals surface area contributed by atoms with Crippen molar-refractivity contribution < 1.29 is 9.18 Å². The molecule has 0 amide bonds. The predicted octanol–water partition coefficient (Wildman–Crippen LogP) is 6.63. The number of carbonyl (C=O) groups excluding carboxylic acids is 1. The number of carbonyl (C=O) groups is 1. The molecule has 0 atom stereocenters. The Labute approximate surface area is 205 Å². The van der Waals surface area contributed by atoms with Crippen LogP contribution in [-0.4, -0.2) is 40.8 Å². The van der Waals surface area contributed by atoms with Gasteiger partial charge in [0.15, 0.2) is 5.78 Å². The molecule has 2 aromatic heterocycles. The van der Waals surface area contributed by atoms with Gasteiger partial charge in [-0.2, -0.15) is 0 Å². The highest BCUT2D eigenvalue weighted by Gasteiger charge is 2.23. The number of pyridine rings is 2. The minimum atomic E-state index is -0.306. The maximum Gasteiger partial charge on any atom is 0.181 e. The SMILES string of the molecule is Cc1cc2nc(C(=O)CC3CCN(C)CC3)cc(-c3ccccc3F)c2c(C)c1-c1ccncc1. The first-order valence-corrected chi connectivity index (χ1v) is 12.2. The minimum Gasteiger partial charge on any atom is -0.306 e.